The molecule has 3 rings (SSSR count). The van der Waals surface area contributed by atoms with Crippen LogP contribution in [0.4, 0.5) is 33.6 Å². The van der Waals surface area contributed by atoms with Gasteiger partial charge in [-0.3, -0.25) is 0 Å². The van der Waals surface area contributed by atoms with E-state index in [0.717, 1.165) is 24.4 Å². The largest absolute Gasteiger partial charge is 0.496 e. The molecule has 2 heterocycles. The van der Waals surface area contributed by atoms with Crippen LogP contribution >= 0.6 is 11.8 Å². The number of anilines is 2. The lowest BCUT2D eigenvalue weighted by Gasteiger charge is -2.15. The van der Waals surface area contributed by atoms with Crippen molar-refractivity contribution < 1.29 is 26.7 Å². The second-order valence-corrected chi connectivity index (χ2v) is 7.02. The van der Waals surface area contributed by atoms with Crippen molar-refractivity contribution >= 4 is 23.4 Å². The average molecular weight is 441 g/mol. The molecule has 3 aromatic rings. The number of halogens is 5. The standard InChI is InChI=1S/C20H16F5N3OS/c1-29-16-7-12(21)4-5-13(16)14-8-18(26-9-15(14)22)28-19-11(10-30-2)3-6-17(27-19)20(23,24)25/h3-9H,10H2,1-2H3,(H,26,27,28). The van der Waals surface area contributed by atoms with Gasteiger partial charge >= 0.3 is 6.18 Å². The number of pyridine rings is 2. The third-order valence-corrected chi connectivity index (χ3v) is 4.72. The maximum Gasteiger partial charge on any atom is 0.433 e. The maximum absolute atomic E-state index is 14.4. The number of hydrogen-bond acceptors (Lipinski definition) is 5. The highest BCUT2D eigenvalue weighted by atomic mass is 32.2. The second-order valence-electron chi connectivity index (χ2n) is 6.15. The van der Waals surface area contributed by atoms with E-state index >= 15 is 0 Å². The number of hydrogen-bond donors (Lipinski definition) is 1. The van der Waals surface area contributed by atoms with Crippen molar-refractivity contribution in [1.82, 2.24) is 9.97 Å². The topological polar surface area (TPSA) is 47.0 Å². The number of benzene rings is 1. The van der Waals surface area contributed by atoms with Gasteiger partial charge in [-0.15, -0.1) is 0 Å². The summed E-state index contributed by atoms with van der Waals surface area (Å²) in [7, 11) is 1.32. The zero-order valence-electron chi connectivity index (χ0n) is 15.8. The third-order valence-electron chi connectivity index (χ3n) is 4.12. The van der Waals surface area contributed by atoms with E-state index in [9.17, 15) is 22.0 Å². The monoisotopic (exact) mass is 441 g/mol. The first kappa shape index (κ1) is 21.8. The minimum Gasteiger partial charge on any atom is -0.496 e. The highest BCUT2D eigenvalue weighted by Gasteiger charge is 2.33. The molecule has 0 amide bonds. The first-order valence-corrected chi connectivity index (χ1v) is 9.95. The highest BCUT2D eigenvalue weighted by Crippen LogP contribution is 2.35. The first-order chi connectivity index (χ1) is 14.2. The maximum atomic E-state index is 14.4. The van der Waals surface area contributed by atoms with Gasteiger partial charge in [0.2, 0.25) is 0 Å². The molecule has 0 aliphatic carbocycles. The van der Waals surface area contributed by atoms with Crippen LogP contribution in [0.3, 0.4) is 0 Å². The van der Waals surface area contributed by atoms with Crippen molar-refractivity contribution in [1.29, 1.82) is 0 Å². The van der Waals surface area contributed by atoms with E-state index < -0.39 is 23.5 Å². The Morgan fingerprint density at radius 3 is 2.50 bits per heavy atom. The van der Waals surface area contributed by atoms with Crippen molar-refractivity contribution in [3.63, 3.8) is 0 Å². The quantitative estimate of drug-likeness (QED) is 0.472. The summed E-state index contributed by atoms with van der Waals surface area (Å²) in [6.45, 7) is 0. The number of methoxy groups -OCH3 is 1. The number of nitrogens with zero attached hydrogens (tertiary/aromatic N) is 2. The summed E-state index contributed by atoms with van der Waals surface area (Å²) in [5.74, 6) is -0.702. The fourth-order valence-electron chi connectivity index (χ4n) is 2.75. The molecule has 1 aromatic carbocycles. The Labute approximate surface area is 173 Å². The van der Waals surface area contributed by atoms with Crippen LogP contribution in [-0.4, -0.2) is 23.3 Å². The normalized spacial score (nSPS) is 11.4. The lowest BCUT2D eigenvalue weighted by atomic mass is 10.0. The summed E-state index contributed by atoms with van der Waals surface area (Å²) in [5.41, 5.74) is -0.217. The Morgan fingerprint density at radius 2 is 1.83 bits per heavy atom. The molecule has 158 valence electrons. The number of rotatable bonds is 6. The van der Waals surface area contributed by atoms with Gasteiger partial charge in [-0.1, -0.05) is 6.07 Å². The van der Waals surface area contributed by atoms with Crippen LogP contribution < -0.4 is 10.1 Å². The average Bonchev–Trinajstić information content (AvgIpc) is 2.70. The summed E-state index contributed by atoms with van der Waals surface area (Å²) in [4.78, 5) is 7.57. The Balaban J connectivity index is 2.04. The van der Waals surface area contributed by atoms with Gasteiger partial charge in [0.15, 0.2) is 0 Å². The Kier molecular flexibility index (Phi) is 6.45. The van der Waals surface area contributed by atoms with Crippen LogP contribution in [0.5, 0.6) is 5.75 Å². The van der Waals surface area contributed by atoms with E-state index in [2.05, 4.69) is 15.3 Å². The van der Waals surface area contributed by atoms with Crippen molar-refractivity contribution in [2.45, 2.75) is 11.9 Å². The smallest absolute Gasteiger partial charge is 0.433 e. The fourth-order valence-corrected chi connectivity index (χ4v) is 3.29. The van der Waals surface area contributed by atoms with Gasteiger partial charge in [-0.2, -0.15) is 24.9 Å². The molecule has 0 atom stereocenters. The molecule has 0 fully saturated rings. The summed E-state index contributed by atoms with van der Waals surface area (Å²) in [6, 6.07) is 7.14. The van der Waals surface area contributed by atoms with E-state index in [1.54, 1.807) is 6.26 Å². The molecule has 2 aromatic heterocycles. The van der Waals surface area contributed by atoms with Crippen LogP contribution in [0.1, 0.15) is 11.3 Å². The molecule has 0 aliphatic rings. The zero-order chi connectivity index (χ0) is 21.9. The Hall–Kier alpha value is -2.88. The van der Waals surface area contributed by atoms with Gasteiger partial charge in [-0.25, -0.2) is 18.7 Å². The van der Waals surface area contributed by atoms with Gasteiger partial charge in [-0.05, 0) is 30.5 Å². The van der Waals surface area contributed by atoms with Gasteiger partial charge in [0.1, 0.15) is 34.7 Å². The van der Waals surface area contributed by atoms with E-state index in [-0.39, 0.29) is 28.5 Å². The molecule has 1 N–H and O–H groups in total. The van der Waals surface area contributed by atoms with Gasteiger partial charge in [0.05, 0.1) is 13.3 Å². The predicted molar refractivity (Wildman–Crippen MR) is 106 cm³/mol. The molecule has 10 heteroatoms. The molecular weight excluding hydrogens is 425 g/mol. The minimum absolute atomic E-state index is 0.0321. The molecule has 0 aliphatic heterocycles. The fraction of sp³-hybridized carbons (Fsp3) is 0.200. The molecular formula is C20H16F5N3OS. The summed E-state index contributed by atoms with van der Waals surface area (Å²) in [5, 5.41) is 2.74. The van der Waals surface area contributed by atoms with E-state index in [1.807, 2.05) is 0 Å². The zero-order valence-corrected chi connectivity index (χ0v) is 16.7. The molecule has 0 unspecified atom stereocenters. The van der Waals surface area contributed by atoms with E-state index in [4.69, 9.17) is 4.74 Å². The molecule has 0 saturated heterocycles. The van der Waals surface area contributed by atoms with Gasteiger partial charge in [0, 0.05) is 28.5 Å². The van der Waals surface area contributed by atoms with Crippen LogP contribution in [0.2, 0.25) is 0 Å². The van der Waals surface area contributed by atoms with E-state index in [1.165, 1.54) is 37.1 Å². The third kappa shape index (κ3) is 4.81. The Morgan fingerprint density at radius 1 is 1.07 bits per heavy atom. The van der Waals surface area contributed by atoms with Crippen LogP contribution in [0.25, 0.3) is 11.1 Å². The number of alkyl halides is 3. The molecule has 4 nitrogen and oxygen atoms in total. The number of ether oxygens (including phenoxy) is 1. The second kappa shape index (κ2) is 8.86. The molecule has 0 saturated carbocycles. The lowest BCUT2D eigenvalue weighted by molar-refractivity contribution is -0.141. The summed E-state index contributed by atoms with van der Waals surface area (Å²) >= 11 is 1.41. The van der Waals surface area contributed by atoms with Crippen molar-refractivity contribution in [3.8, 4) is 16.9 Å². The summed E-state index contributed by atoms with van der Waals surface area (Å²) in [6.07, 6.45) is -1.89. The Bertz CT molecular complexity index is 1060. The van der Waals surface area contributed by atoms with E-state index in [0.29, 0.717) is 11.3 Å². The van der Waals surface area contributed by atoms with Crippen LogP contribution in [0.15, 0.2) is 42.6 Å². The number of thioether (sulfide) groups is 1. The first-order valence-electron chi connectivity index (χ1n) is 8.55. The molecule has 0 bridgehead atoms. The number of nitrogens with one attached hydrogen (secondary N) is 1. The molecule has 0 radical (unpaired) electrons. The summed E-state index contributed by atoms with van der Waals surface area (Å²) < 4.78 is 72.2. The highest BCUT2D eigenvalue weighted by molar-refractivity contribution is 7.97. The lowest BCUT2D eigenvalue weighted by Crippen LogP contribution is -2.11. The van der Waals surface area contributed by atoms with Crippen LogP contribution in [-0.2, 0) is 11.9 Å². The molecule has 30 heavy (non-hydrogen) atoms. The van der Waals surface area contributed by atoms with Gasteiger partial charge in [0.25, 0.3) is 0 Å². The van der Waals surface area contributed by atoms with Crippen molar-refractivity contribution in [2.75, 3.05) is 18.7 Å². The SMILES string of the molecule is COc1cc(F)ccc1-c1cc(Nc2nc(C(F)(F)F)ccc2CSC)ncc1F. The molecule has 0 spiro atoms. The van der Waals surface area contributed by atoms with Crippen LogP contribution in [0, 0.1) is 11.6 Å². The minimum atomic E-state index is -4.61. The van der Waals surface area contributed by atoms with Gasteiger partial charge < -0.3 is 10.1 Å². The predicted octanol–water partition coefficient (Wildman–Crippen LogP) is 6.06. The number of aromatic nitrogens is 2. The van der Waals surface area contributed by atoms with Crippen molar-refractivity contribution in [2.24, 2.45) is 0 Å². The van der Waals surface area contributed by atoms with Crippen molar-refractivity contribution in [3.05, 3.63) is 65.5 Å².